The van der Waals surface area contributed by atoms with E-state index in [9.17, 15) is 4.79 Å². The van der Waals surface area contributed by atoms with Gasteiger partial charge in [0, 0.05) is 22.4 Å². The van der Waals surface area contributed by atoms with Gasteiger partial charge in [-0.05, 0) is 62.1 Å². The molecule has 0 radical (unpaired) electrons. The normalized spacial score (nSPS) is 12.2. The van der Waals surface area contributed by atoms with E-state index in [4.69, 9.17) is 11.6 Å². The molecule has 0 aliphatic carbocycles. The lowest BCUT2D eigenvalue weighted by Crippen LogP contribution is -2.36. The topological polar surface area (TPSA) is 34.0 Å². The summed E-state index contributed by atoms with van der Waals surface area (Å²) < 4.78 is 2.16. The highest BCUT2D eigenvalue weighted by Gasteiger charge is 2.22. The lowest BCUT2D eigenvalue weighted by molar-refractivity contribution is 0.0930. The number of halogens is 1. The fraction of sp³-hybridized carbons (Fsp3) is 0.292. The Labute approximate surface area is 172 Å². The van der Waals surface area contributed by atoms with Crippen LogP contribution in [0.4, 0.5) is 0 Å². The highest BCUT2D eigenvalue weighted by Crippen LogP contribution is 2.31. The third-order valence-electron chi connectivity index (χ3n) is 5.35. The zero-order valence-corrected chi connectivity index (χ0v) is 17.8. The molecule has 28 heavy (non-hydrogen) atoms. The Morgan fingerprint density at radius 2 is 1.64 bits per heavy atom. The first-order valence-electron chi connectivity index (χ1n) is 9.64. The minimum atomic E-state index is -0.0405. The Bertz CT molecular complexity index is 986. The Kier molecular flexibility index (Phi) is 5.95. The number of aromatic nitrogens is 1. The van der Waals surface area contributed by atoms with Crippen LogP contribution in [0.2, 0.25) is 5.02 Å². The number of nitrogens with one attached hydrogen (secondary N) is 1. The first-order valence-corrected chi connectivity index (χ1v) is 10.0. The highest BCUT2D eigenvalue weighted by molar-refractivity contribution is 6.30. The lowest BCUT2D eigenvalue weighted by atomic mass is 10.1. The van der Waals surface area contributed by atoms with Gasteiger partial charge in [0.05, 0.1) is 11.3 Å². The molecule has 146 valence electrons. The molecule has 1 N–H and O–H groups in total. The monoisotopic (exact) mass is 394 g/mol. The summed E-state index contributed by atoms with van der Waals surface area (Å²) in [5.41, 5.74) is 5.84. The summed E-state index contributed by atoms with van der Waals surface area (Å²) in [6.07, 6.45) is 0. The van der Waals surface area contributed by atoms with Gasteiger partial charge in [-0.1, -0.05) is 55.8 Å². The van der Waals surface area contributed by atoms with Crippen molar-refractivity contribution in [1.29, 1.82) is 0 Å². The number of rotatable bonds is 5. The number of hydrogen-bond acceptors (Lipinski definition) is 1. The van der Waals surface area contributed by atoms with Gasteiger partial charge < -0.3 is 9.88 Å². The zero-order valence-electron chi connectivity index (χ0n) is 17.1. The van der Waals surface area contributed by atoms with Gasteiger partial charge in [0.15, 0.2) is 0 Å². The summed E-state index contributed by atoms with van der Waals surface area (Å²) >= 11 is 6.08. The van der Waals surface area contributed by atoms with Gasteiger partial charge in [-0.2, -0.15) is 0 Å². The smallest absolute Gasteiger partial charge is 0.253 e. The summed E-state index contributed by atoms with van der Waals surface area (Å²) in [6, 6.07) is 18.0. The second kappa shape index (κ2) is 8.24. The molecular formula is C24H27ClN2O. The number of carbonyl (C=O) groups excluding carboxylic acids is 1. The van der Waals surface area contributed by atoms with Gasteiger partial charge in [-0.3, -0.25) is 4.79 Å². The molecule has 0 saturated carbocycles. The average molecular weight is 395 g/mol. The average Bonchev–Trinajstić information content (AvgIpc) is 3.00. The quantitative estimate of drug-likeness (QED) is 0.550. The molecule has 3 rings (SSSR count). The van der Waals surface area contributed by atoms with Crippen LogP contribution in [0.1, 0.15) is 42.4 Å². The number of aryl methyl sites for hydroxylation is 1. The fourth-order valence-electron chi connectivity index (χ4n) is 3.25. The van der Waals surface area contributed by atoms with Crippen LogP contribution in [0, 0.1) is 19.8 Å². The third-order valence-corrected chi connectivity index (χ3v) is 5.60. The van der Waals surface area contributed by atoms with Crippen molar-refractivity contribution in [3.63, 3.8) is 0 Å². The van der Waals surface area contributed by atoms with E-state index < -0.39 is 0 Å². The Balaban J connectivity index is 2.16. The Morgan fingerprint density at radius 3 is 2.25 bits per heavy atom. The minimum absolute atomic E-state index is 0.0405. The number of carbonyl (C=O) groups is 1. The fourth-order valence-corrected chi connectivity index (χ4v) is 3.37. The molecule has 2 aromatic carbocycles. The minimum Gasteiger partial charge on any atom is -0.349 e. The van der Waals surface area contributed by atoms with Crippen LogP contribution < -0.4 is 5.32 Å². The molecule has 1 heterocycles. The molecule has 0 saturated heterocycles. The van der Waals surface area contributed by atoms with E-state index in [-0.39, 0.29) is 11.9 Å². The predicted octanol–water partition coefficient (Wildman–Crippen LogP) is 6.19. The van der Waals surface area contributed by atoms with Gasteiger partial charge in [0.1, 0.15) is 0 Å². The maximum absolute atomic E-state index is 13.0. The number of benzene rings is 2. The Morgan fingerprint density at radius 1 is 1.00 bits per heavy atom. The van der Waals surface area contributed by atoms with Gasteiger partial charge in [-0.25, -0.2) is 0 Å². The van der Waals surface area contributed by atoms with E-state index in [1.54, 1.807) is 0 Å². The highest BCUT2D eigenvalue weighted by atomic mass is 35.5. The van der Waals surface area contributed by atoms with Crippen molar-refractivity contribution < 1.29 is 4.79 Å². The van der Waals surface area contributed by atoms with Crippen molar-refractivity contribution in [1.82, 2.24) is 9.88 Å². The zero-order chi connectivity index (χ0) is 20.4. The van der Waals surface area contributed by atoms with E-state index in [1.807, 2.05) is 56.3 Å². The van der Waals surface area contributed by atoms with E-state index in [0.29, 0.717) is 16.5 Å². The van der Waals surface area contributed by atoms with Gasteiger partial charge in [-0.15, -0.1) is 0 Å². The van der Waals surface area contributed by atoms with Crippen LogP contribution in [0.5, 0.6) is 0 Å². The number of nitrogens with zero attached hydrogens (tertiary/aromatic N) is 1. The lowest BCUT2D eigenvalue weighted by Gasteiger charge is -2.18. The number of amides is 1. The van der Waals surface area contributed by atoms with Crippen LogP contribution in [-0.2, 0) is 0 Å². The number of para-hydroxylation sites is 1. The summed E-state index contributed by atoms with van der Waals surface area (Å²) in [6.45, 7) is 10.3. The maximum Gasteiger partial charge on any atom is 0.253 e. The second-order valence-corrected chi connectivity index (χ2v) is 8.10. The molecule has 0 bridgehead atoms. The molecule has 0 aliphatic rings. The van der Waals surface area contributed by atoms with Crippen LogP contribution in [-0.4, -0.2) is 16.5 Å². The summed E-state index contributed by atoms with van der Waals surface area (Å²) in [7, 11) is 0. The number of hydrogen-bond donors (Lipinski definition) is 1. The molecule has 0 fully saturated rings. The first kappa shape index (κ1) is 20.2. The van der Waals surface area contributed by atoms with Crippen molar-refractivity contribution in [3.8, 4) is 16.9 Å². The van der Waals surface area contributed by atoms with E-state index in [2.05, 4.69) is 42.8 Å². The molecule has 0 spiro atoms. The molecule has 1 aromatic heterocycles. The maximum atomic E-state index is 13.0. The van der Waals surface area contributed by atoms with E-state index >= 15 is 0 Å². The van der Waals surface area contributed by atoms with E-state index in [1.165, 1.54) is 0 Å². The predicted molar refractivity (Wildman–Crippen MR) is 117 cm³/mol. The van der Waals surface area contributed by atoms with Crippen molar-refractivity contribution in [2.75, 3.05) is 0 Å². The SMILES string of the molecule is Cc1ccccc1-n1c(-c2ccc(Cl)cc2)cc(C(=O)N[C@H](C)C(C)C)c1C. The first-order chi connectivity index (χ1) is 13.3. The molecular weight excluding hydrogens is 368 g/mol. The second-order valence-electron chi connectivity index (χ2n) is 7.66. The summed E-state index contributed by atoms with van der Waals surface area (Å²) in [5.74, 6) is 0.333. The molecule has 3 nitrogen and oxygen atoms in total. The molecule has 4 heteroatoms. The largest absolute Gasteiger partial charge is 0.349 e. The molecule has 1 atom stereocenters. The van der Waals surface area contributed by atoms with Crippen molar-refractivity contribution in [3.05, 3.63) is 76.4 Å². The summed E-state index contributed by atoms with van der Waals surface area (Å²) in [4.78, 5) is 13.0. The van der Waals surface area contributed by atoms with Crippen LogP contribution >= 0.6 is 11.6 Å². The van der Waals surface area contributed by atoms with Gasteiger partial charge in [0.25, 0.3) is 5.91 Å². The third kappa shape index (κ3) is 4.00. The van der Waals surface area contributed by atoms with Gasteiger partial charge in [0.2, 0.25) is 0 Å². The molecule has 0 unspecified atom stereocenters. The molecule has 3 aromatic rings. The Hall–Kier alpha value is -2.52. The summed E-state index contributed by atoms with van der Waals surface area (Å²) in [5, 5.41) is 3.82. The standard InChI is InChI=1S/C24H27ClN2O/c1-15(2)17(4)26-24(28)21-14-23(19-10-12-20(25)13-11-19)27(18(21)5)22-9-7-6-8-16(22)3/h6-15,17H,1-5H3,(H,26,28)/t17-/m1/s1. The van der Waals surface area contributed by atoms with Gasteiger partial charge >= 0.3 is 0 Å². The van der Waals surface area contributed by atoms with Crippen molar-refractivity contribution in [2.45, 2.75) is 40.7 Å². The molecule has 0 aliphatic heterocycles. The van der Waals surface area contributed by atoms with Crippen molar-refractivity contribution in [2.24, 2.45) is 5.92 Å². The molecule has 1 amide bonds. The van der Waals surface area contributed by atoms with Crippen LogP contribution in [0.3, 0.4) is 0 Å². The van der Waals surface area contributed by atoms with E-state index in [0.717, 1.165) is 28.2 Å². The van der Waals surface area contributed by atoms with Crippen LogP contribution in [0.25, 0.3) is 16.9 Å². The van der Waals surface area contributed by atoms with Crippen molar-refractivity contribution >= 4 is 17.5 Å². The van der Waals surface area contributed by atoms with Crippen LogP contribution in [0.15, 0.2) is 54.6 Å².